The summed E-state index contributed by atoms with van der Waals surface area (Å²) in [5.41, 5.74) is 0.322. The number of urea groups is 1. The predicted molar refractivity (Wildman–Crippen MR) is 75.4 cm³/mol. The molecule has 0 aliphatic rings. The van der Waals surface area contributed by atoms with E-state index in [0.29, 0.717) is 13.0 Å². The van der Waals surface area contributed by atoms with Gasteiger partial charge in [-0.05, 0) is 17.5 Å². The van der Waals surface area contributed by atoms with Crippen LogP contribution in [0.3, 0.4) is 0 Å². The van der Waals surface area contributed by atoms with E-state index in [2.05, 4.69) is 15.6 Å². The van der Waals surface area contributed by atoms with Crippen molar-refractivity contribution in [1.82, 2.24) is 15.6 Å². The van der Waals surface area contributed by atoms with Crippen molar-refractivity contribution in [3.05, 3.63) is 30.1 Å². The maximum Gasteiger partial charge on any atom is 0.326 e. The summed E-state index contributed by atoms with van der Waals surface area (Å²) in [5, 5.41) is 14.2. The first-order valence-corrected chi connectivity index (χ1v) is 6.48. The first kappa shape index (κ1) is 15.9. The Morgan fingerprint density at radius 3 is 2.55 bits per heavy atom. The van der Waals surface area contributed by atoms with E-state index in [4.69, 9.17) is 5.11 Å². The van der Waals surface area contributed by atoms with E-state index in [-0.39, 0.29) is 0 Å². The highest BCUT2D eigenvalue weighted by atomic mass is 16.4. The number of pyridine rings is 1. The van der Waals surface area contributed by atoms with Crippen LogP contribution in [-0.4, -0.2) is 34.7 Å². The van der Waals surface area contributed by atoms with Gasteiger partial charge in [-0.15, -0.1) is 0 Å². The van der Waals surface area contributed by atoms with Crippen LogP contribution in [0.1, 0.15) is 26.5 Å². The Hall–Kier alpha value is -2.11. The SMILES string of the molecule is CC(C)(C)C(NC(=O)NCCc1ccccn1)C(=O)O. The summed E-state index contributed by atoms with van der Waals surface area (Å²) in [7, 11) is 0. The average Bonchev–Trinajstić information content (AvgIpc) is 2.35. The molecule has 3 N–H and O–H groups in total. The van der Waals surface area contributed by atoms with Gasteiger partial charge in [-0.2, -0.15) is 0 Å². The molecule has 0 saturated carbocycles. The molecule has 0 bridgehead atoms. The summed E-state index contributed by atoms with van der Waals surface area (Å²) in [6.45, 7) is 5.69. The molecule has 6 heteroatoms. The summed E-state index contributed by atoms with van der Waals surface area (Å²) in [6.07, 6.45) is 2.29. The number of nitrogens with zero attached hydrogens (tertiary/aromatic N) is 1. The molecule has 0 fully saturated rings. The topological polar surface area (TPSA) is 91.3 Å². The van der Waals surface area contributed by atoms with Crippen molar-refractivity contribution in [2.24, 2.45) is 5.41 Å². The second-order valence-corrected chi connectivity index (χ2v) is 5.61. The molecular weight excluding hydrogens is 258 g/mol. The smallest absolute Gasteiger partial charge is 0.326 e. The van der Waals surface area contributed by atoms with E-state index >= 15 is 0 Å². The van der Waals surface area contributed by atoms with Crippen LogP contribution in [0.15, 0.2) is 24.4 Å². The molecular formula is C14H21N3O3. The van der Waals surface area contributed by atoms with E-state index in [1.165, 1.54) is 0 Å². The van der Waals surface area contributed by atoms with Gasteiger partial charge in [0.1, 0.15) is 6.04 Å². The van der Waals surface area contributed by atoms with Gasteiger partial charge in [-0.3, -0.25) is 4.98 Å². The number of carboxylic acid groups (broad SMARTS) is 1. The first-order valence-electron chi connectivity index (χ1n) is 6.48. The molecule has 2 amide bonds. The second-order valence-electron chi connectivity index (χ2n) is 5.61. The minimum atomic E-state index is -1.04. The van der Waals surface area contributed by atoms with Gasteiger partial charge in [-0.25, -0.2) is 9.59 Å². The van der Waals surface area contributed by atoms with Gasteiger partial charge >= 0.3 is 12.0 Å². The number of carboxylic acids is 1. The third-order valence-electron chi connectivity index (χ3n) is 2.78. The van der Waals surface area contributed by atoms with Crippen molar-refractivity contribution in [3.63, 3.8) is 0 Å². The van der Waals surface area contributed by atoms with Crippen molar-refractivity contribution >= 4 is 12.0 Å². The summed E-state index contributed by atoms with van der Waals surface area (Å²) in [4.78, 5) is 27.0. The molecule has 1 heterocycles. The van der Waals surface area contributed by atoms with Crippen LogP contribution < -0.4 is 10.6 Å². The monoisotopic (exact) mass is 279 g/mol. The molecule has 0 aliphatic carbocycles. The number of amides is 2. The zero-order valence-corrected chi connectivity index (χ0v) is 12.0. The lowest BCUT2D eigenvalue weighted by atomic mass is 9.87. The van der Waals surface area contributed by atoms with Crippen LogP contribution in [0.25, 0.3) is 0 Å². The maximum atomic E-state index is 11.7. The first-order chi connectivity index (χ1) is 9.30. The molecule has 1 rings (SSSR count). The van der Waals surface area contributed by atoms with Crippen molar-refractivity contribution < 1.29 is 14.7 Å². The number of nitrogens with one attached hydrogen (secondary N) is 2. The number of carbonyl (C=O) groups excluding carboxylic acids is 1. The molecule has 0 radical (unpaired) electrons. The lowest BCUT2D eigenvalue weighted by molar-refractivity contribution is -0.141. The Balaban J connectivity index is 2.41. The van der Waals surface area contributed by atoms with E-state index in [0.717, 1.165) is 5.69 Å². The fourth-order valence-corrected chi connectivity index (χ4v) is 1.68. The number of hydrogen-bond donors (Lipinski definition) is 3. The molecule has 1 atom stereocenters. The predicted octanol–water partition coefficient (Wildman–Crippen LogP) is 1.42. The maximum absolute atomic E-state index is 11.7. The quantitative estimate of drug-likeness (QED) is 0.760. The summed E-state index contributed by atoms with van der Waals surface area (Å²) < 4.78 is 0. The zero-order chi connectivity index (χ0) is 15.2. The summed E-state index contributed by atoms with van der Waals surface area (Å²) in [6, 6.07) is 4.16. The molecule has 0 saturated heterocycles. The van der Waals surface area contributed by atoms with Gasteiger partial charge in [0.05, 0.1) is 0 Å². The van der Waals surface area contributed by atoms with Crippen molar-refractivity contribution in [2.45, 2.75) is 33.2 Å². The minimum Gasteiger partial charge on any atom is -0.480 e. The number of carbonyl (C=O) groups is 2. The molecule has 6 nitrogen and oxygen atoms in total. The molecule has 0 spiro atoms. The van der Waals surface area contributed by atoms with Crippen molar-refractivity contribution in [3.8, 4) is 0 Å². The molecule has 0 aliphatic heterocycles. The van der Waals surface area contributed by atoms with Gasteiger partial charge in [0.2, 0.25) is 0 Å². The zero-order valence-electron chi connectivity index (χ0n) is 12.0. The fourth-order valence-electron chi connectivity index (χ4n) is 1.68. The number of aromatic nitrogens is 1. The molecule has 1 aromatic heterocycles. The third-order valence-corrected chi connectivity index (χ3v) is 2.78. The van der Waals surface area contributed by atoms with Gasteiger partial charge in [0.15, 0.2) is 0 Å². The van der Waals surface area contributed by atoms with E-state index in [1.807, 2.05) is 18.2 Å². The largest absolute Gasteiger partial charge is 0.480 e. The fraction of sp³-hybridized carbons (Fsp3) is 0.500. The third kappa shape index (κ3) is 5.26. The highest BCUT2D eigenvalue weighted by Gasteiger charge is 2.32. The lowest BCUT2D eigenvalue weighted by Crippen LogP contribution is -2.52. The number of rotatable bonds is 5. The normalized spacial score (nSPS) is 12.6. The van der Waals surface area contributed by atoms with E-state index < -0.39 is 23.5 Å². The lowest BCUT2D eigenvalue weighted by Gasteiger charge is -2.27. The Labute approximate surface area is 118 Å². The standard InChI is InChI=1S/C14H21N3O3/c1-14(2,3)11(12(18)19)17-13(20)16-9-7-10-6-4-5-8-15-10/h4-6,8,11H,7,9H2,1-3H3,(H,18,19)(H2,16,17,20). The summed E-state index contributed by atoms with van der Waals surface area (Å²) >= 11 is 0. The highest BCUT2D eigenvalue weighted by molar-refractivity contribution is 5.83. The van der Waals surface area contributed by atoms with Gasteiger partial charge in [0.25, 0.3) is 0 Å². The Kier molecular flexibility index (Phi) is 5.49. The summed E-state index contributed by atoms with van der Waals surface area (Å²) in [5.74, 6) is -1.04. The molecule has 20 heavy (non-hydrogen) atoms. The average molecular weight is 279 g/mol. The van der Waals surface area contributed by atoms with Gasteiger partial charge in [-0.1, -0.05) is 26.8 Å². The minimum absolute atomic E-state index is 0.402. The van der Waals surface area contributed by atoms with Crippen LogP contribution >= 0.6 is 0 Å². The Bertz CT molecular complexity index is 454. The van der Waals surface area contributed by atoms with Gasteiger partial charge < -0.3 is 15.7 Å². The van der Waals surface area contributed by atoms with E-state index in [1.54, 1.807) is 27.0 Å². The Morgan fingerprint density at radius 1 is 1.35 bits per heavy atom. The highest BCUT2D eigenvalue weighted by Crippen LogP contribution is 2.19. The van der Waals surface area contributed by atoms with Crippen molar-refractivity contribution in [1.29, 1.82) is 0 Å². The van der Waals surface area contributed by atoms with Gasteiger partial charge in [0, 0.05) is 24.9 Å². The van der Waals surface area contributed by atoms with Crippen LogP contribution in [0, 0.1) is 5.41 Å². The number of aliphatic carboxylic acids is 1. The second kappa shape index (κ2) is 6.88. The van der Waals surface area contributed by atoms with Crippen LogP contribution in [0.4, 0.5) is 4.79 Å². The molecule has 1 aromatic rings. The van der Waals surface area contributed by atoms with Crippen molar-refractivity contribution in [2.75, 3.05) is 6.54 Å². The Morgan fingerprint density at radius 2 is 2.05 bits per heavy atom. The van der Waals surface area contributed by atoms with Crippen LogP contribution in [0.2, 0.25) is 0 Å². The molecule has 1 unspecified atom stereocenters. The van der Waals surface area contributed by atoms with Crippen LogP contribution in [0.5, 0.6) is 0 Å². The molecule has 110 valence electrons. The van der Waals surface area contributed by atoms with E-state index in [9.17, 15) is 9.59 Å². The van der Waals surface area contributed by atoms with Crippen LogP contribution in [-0.2, 0) is 11.2 Å². The number of hydrogen-bond acceptors (Lipinski definition) is 3. The molecule has 0 aromatic carbocycles.